The Morgan fingerprint density at radius 2 is 1.79 bits per heavy atom. The Labute approximate surface area is 143 Å². The molecular weight excluding hydrogens is 300 g/mol. The number of hydrogen-bond acceptors (Lipinski definition) is 4. The molecule has 126 valence electrons. The summed E-state index contributed by atoms with van der Waals surface area (Å²) in [5, 5.41) is 0. The molecule has 0 spiro atoms. The molecule has 0 saturated heterocycles. The van der Waals surface area contributed by atoms with Crippen LogP contribution in [0.1, 0.15) is 60.6 Å². The zero-order valence-electron chi connectivity index (χ0n) is 15.0. The molecule has 1 heterocycles. The van der Waals surface area contributed by atoms with E-state index in [2.05, 4.69) is 55.0 Å². The fourth-order valence-corrected chi connectivity index (χ4v) is 2.31. The summed E-state index contributed by atoms with van der Waals surface area (Å²) < 4.78 is 5.02. The average molecular weight is 324 g/mol. The van der Waals surface area contributed by atoms with Crippen molar-refractivity contribution in [3.05, 3.63) is 58.7 Å². The highest BCUT2D eigenvalue weighted by Crippen LogP contribution is 2.22. The quantitative estimate of drug-likeness (QED) is 0.781. The van der Waals surface area contributed by atoms with Gasteiger partial charge in [0.25, 0.3) is 0 Å². The largest absolute Gasteiger partial charge is 0.461 e. The lowest BCUT2D eigenvalue weighted by Gasteiger charge is -2.18. The zero-order chi connectivity index (χ0) is 17.7. The van der Waals surface area contributed by atoms with Crippen molar-refractivity contribution >= 4 is 18.1 Å². The lowest BCUT2D eigenvalue weighted by Crippen LogP contribution is -2.10. The van der Waals surface area contributed by atoms with E-state index in [1.54, 1.807) is 6.92 Å². The normalized spacial score (nSPS) is 11.7. The van der Waals surface area contributed by atoms with Crippen LogP contribution in [0.3, 0.4) is 0 Å². The molecule has 1 aromatic heterocycles. The zero-order valence-corrected chi connectivity index (χ0v) is 15.0. The first-order chi connectivity index (χ1) is 11.3. The summed E-state index contributed by atoms with van der Waals surface area (Å²) in [6.07, 6.45) is 5.27. The Balaban J connectivity index is 2.23. The van der Waals surface area contributed by atoms with E-state index < -0.39 is 5.97 Å². The first-order valence-corrected chi connectivity index (χ1v) is 8.10. The van der Waals surface area contributed by atoms with E-state index in [0.717, 1.165) is 11.1 Å². The van der Waals surface area contributed by atoms with Gasteiger partial charge in [0.05, 0.1) is 12.3 Å². The Kier molecular flexibility index (Phi) is 5.50. The highest BCUT2D eigenvalue weighted by molar-refractivity contribution is 5.90. The summed E-state index contributed by atoms with van der Waals surface area (Å²) in [5.41, 5.74) is 4.27. The molecule has 24 heavy (non-hydrogen) atoms. The molecule has 0 atom stereocenters. The number of benzene rings is 1. The molecule has 0 fully saturated rings. The molecule has 0 radical (unpaired) electrons. The molecule has 0 aliphatic carbocycles. The molecule has 2 aromatic rings. The number of esters is 1. The van der Waals surface area contributed by atoms with Crippen molar-refractivity contribution in [2.24, 2.45) is 0 Å². The predicted octanol–water partition coefficient (Wildman–Crippen LogP) is 4.43. The van der Waals surface area contributed by atoms with Gasteiger partial charge in [-0.3, -0.25) is 0 Å². The van der Waals surface area contributed by atoms with Gasteiger partial charge in [-0.15, -0.1) is 0 Å². The molecule has 2 rings (SSSR count). The van der Waals surface area contributed by atoms with Crippen molar-refractivity contribution in [3.8, 4) is 0 Å². The van der Waals surface area contributed by atoms with E-state index >= 15 is 0 Å². The van der Waals surface area contributed by atoms with Crippen LogP contribution in [0.2, 0.25) is 0 Å². The Morgan fingerprint density at radius 3 is 2.38 bits per heavy atom. The predicted molar refractivity (Wildman–Crippen MR) is 96.8 cm³/mol. The van der Waals surface area contributed by atoms with E-state index in [9.17, 15) is 4.79 Å². The summed E-state index contributed by atoms with van der Waals surface area (Å²) in [6, 6.07) is 8.44. The Morgan fingerprint density at radius 1 is 1.12 bits per heavy atom. The van der Waals surface area contributed by atoms with Gasteiger partial charge < -0.3 is 4.74 Å². The highest BCUT2D eigenvalue weighted by atomic mass is 16.5. The van der Waals surface area contributed by atoms with E-state index in [4.69, 9.17) is 4.74 Å². The van der Waals surface area contributed by atoms with Crippen molar-refractivity contribution in [3.63, 3.8) is 0 Å². The van der Waals surface area contributed by atoms with Gasteiger partial charge in [0, 0.05) is 5.56 Å². The molecule has 1 aromatic carbocycles. The fraction of sp³-hybridized carbons (Fsp3) is 0.350. The van der Waals surface area contributed by atoms with Crippen LogP contribution in [-0.4, -0.2) is 22.5 Å². The van der Waals surface area contributed by atoms with Crippen LogP contribution < -0.4 is 0 Å². The molecule has 0 aliphatic heterocycles. The fourth-order valence-electron chi connectivity index (χ4n) is 2.31. The van der Waals surface area contributed by atoms with E-state index in [0.29, 0.717) is 18.0 Å². The third-order valence-corrected chi connectivity index (χ3v) is 3.80. The van der Waals surface area contributed by atoms with Crippen LogP contribution in [0.15, 0.2) is 30.6 Å². The summed E-state index contributed by atoms with van der Waals surface area (Å²) in [7, 11) is 0. The standard InChI is InChI=1S/C20H24N2O2/c1-6-24-19(23)18-14(2)17(21-13-22-18)12-9-15-7-10-16(11-8-15)20(3,4)5/h7-13H,6H2,1-5H3/b12-9+. The van der Waals surface area contributed by atoms with Crippen LogP contribution >= 0.6 is 0 Å². The lowest BCUT2D eigenvalue weighted by molar-refractivity contribution is 0.0518. The summed E-state index contributed by atoms with van der Waals surface area (Å²) in [4.78, 5) is 20.2. The van der Waals surface area contributed by atoms with Crippen molar-refractivity contribution in [2.75, 3.05) is 6.61 Å². The second-order valence-electron chi connectivity index (χ2n) is 6.66. The maximum atomic E-state index is 11.9. The van der Waals surface area contributed by atoms with E-state index in [-0.39, 0.29) is 5.41 Å². The third kappa shape index (κ3) is 4.28. The first-order valence-electron chi connectivity index (χ1n) is 8.10. The molecule has 4 heteroatoms. The molecule has 0 saturated carbocycles. The van der Waals surface area contributed by atoms with Crippen LogP contribution in [0.25, 0.3) is 12.2 Å². The van der Waals surface area contributed by atoms with Crippen molar-refractivity contribution in [1.82, 2.24) is 9.97 Å². The van der Waals surface area contributed by atoms with Crippen molar-refractivity contribution in [1.29, 1.82) is 0 Å². The number of carbonyl (C=O) groups excluding carboxylic acids is 1. The maximum absolute atomic E-state index is 11.9. The SMILES string of the molecule is CCOC(=O)c1ncnc(/C=C/c2ccc(C(C)(C)C)cc2)c1C. The number of ether oxygens (including phenoxy) is 1. The monoisotopic (exact) mass is 324 g/mol. The Bertz CT molecular complexity index is 741. The van der Waals surface area contributed by atoms with Gasteiger partial charge in [0.2, 0.25) is 0 Å². The van der Waals surface area contributed by atoms with Gasteiger partial charge in [-0.2, -0.15) is 0 Å². The van der Waals surface area contributed by atoms with E-state index in [1.807, 2.05) is 19.1 Å². The second kappa shape index (κ2) is 7.39. The van der Waals surface area contributed by atoms with Crippen LogP contribution in [0.4, 0.5) is 0 Å². The minimum Gasteiger partial charge on any atom is -0.461 e. The second-order valence-corrected chi connectivity index (χ2v) is 6.66. The van der Waals surface area contributed by atoms with Gasteiger partial charge in [0.1, 0.15) is 6.33 Å². The molecule has 0 unspecified atom stereocenters. The number of carbonyl (C=O) groups is 1. The maximum Gasteiger partial charge on any atom is 0.357 e. The van der Waals surface area contributed by atoms with Crippen molar-refractivity contribution in [2.45, 2.75) is 40.0 Å². The van der Waals surface area contributed by atoms with Crippen molar-refractivity contribution < 1.29 is 9.53 Å². The molecule has 0 N–H and O–H groups in total. The van der Waals surface area contributed by atoms with Crippen LogP contribution in [-0.2, 0) is 10.2 Å². The topological polar surface area (TPSA) is 52.1 Å². The van der Waals surface area contributed by atoms with Crippen LogP contribution in [0.5, 0.6) is 0 Å². The van der Waals surface area contributed by atoms with E-state index in [1.165, 1.54) is 11.9 Å². The van der Waals surface area contributed by atoms with Gasteiger partial charge >= 0.3 is 5.97 Å². The number of rotatable bonds is 4. The molecule has 0 amide bonds. The number of aromatic nitrogens is 2. The summed E-state index contributed by atoms with van der Waals surface area (Å²) >= 11 is 0. The molecule has 4 nitrogen and oxygen atoms in total. The average Bonchev–Trinajstić information content (AvgIpc) is 2.53. The first kappa shape index (κ1) is 17.9. The third-order valence-electron chi connectivity index (χ3n) is 3.80. The molecular formula is C20H24N2O2. The minimum absolute atomic E-state index is 0.139. The molecule has 0 aliphatic rings. The van der Waals surface area contributed by atoms with Gasteiger partial charge in [-0.1, -0.05) is 51.1 Å². The van der Waals surface area contributed by atoms with Gasteiger partial charge in [0.15, 0.2) is 5.69 Å². The van der Waals surface area contributed by atoms with Gasteiger partial charge in [-0.05, 0) is 36.5 Å². The lowest BCUT2D eigenvalue weighted by atomic mass is 9.87. The smallest absolute Gasteiger partial charge is 0.357 e. The highest BCUT2D eigenvalue weighted by Gasteiger charge is 2.14. The number of hydrogen-bond donors (Lipinski definition) is 0. The molecule has 0 bridgehead atoms. The summed E-state index contributed by atoms with van der Waals surface area (Å²) in [6.45, 7) is 10.5. The minimum atomic E-state index is -0.415. The van der Waals surface area contributed by atoms with Crippen LogP contribution in [0, 0.1) is 6.92 Å². The number of nitrogens with zero attached hydrogens (tertiary/aromatic N) is 2. The Hall–Kier alpha value is -2.49. The van der Waals surface area contributed by atoms with Gasteiger partial charge in [-0.25, -0.2) is 14.8 Å². The summed E-state index contributed by atoms with van der Waals surface area (Å²) in [5.74, 6) is -0.415.